The summed E-state index contributed by atoms with van der Waals surface area (Å²) in [7, 11) is 0. The fourth-order valence-corrected chi connectivity index (χ4v) is 3.29. The van der Waals surface area contributed by atoms with Crippen LogP contribution in [0.4, 0.5) is 0 Å². The van der Waals surface area contributed by atoms with Crippen molar-refractivity contribution in [2.45, 2.75) is 52.3 Å². The lowest BCUT2D eigenvalue weighted by molar-refractivity contribution is 0.0770. The molecule has 4 heteroatoms. The van der Waals surface area contributed by atoms with Gasteiger partial charge in [0.1, 0.15) is 0 Å². The minimum absolute atomic E-state index is 0.163. The monoisotopic (exact) mass is 314 g/mol. The minimum atomic E-state index is 0.163. The van der Waals surface area contributed by atoms with Crippen molar-refractivity contribution < 1.29 is 4.74 Å². The third kappa shape index (κ3) is 3.65. The van der Waals surface area contributed by atoms with Gasteiger partial charge in [-0.1, -0.05) is 18.2 Å². The van der Waals surface area contributed by atoms with Crippen LogP contribution in [-0.4, -0.2) is 23.8 Å². The number of ether oxygens (including phenoxy) is 1. The predicted molar refractivity (Wildman–Crippen MR) is 93.9 cm³/mol. The summed E-state index contributed by atoms with van der Waals surface area (Å²) in [6, 6.07) is 8.41. The molecule has 2 heterocycles. The van der Waals surface area contributed by atoms with Crippen LogP contribution in [0.5, 0.6) is 0 Å². The molecule has 0 radical (unpaired) electrons. The van der Waals surface area contributed by atoms with Crippen LogP contribution in [0.25, 0.3) is 10.9 Å². The summed E-state index contributed by atoms with van der Waals surface area (Å²) in [4.78, 5) is 12.7. The fourth-order valence-electron chi connectivity index (χ4n) is 3.29. The van der Waals surface area contributed by atoms with Gasteiger partial charge in [0.15, 0.2) is 0 Å². The molecular formula is C19H26N2O2. The lowest BCUT2D eigenvalue weighted by Crippen LogP contribution is -2.30. The lowest BCUT2D eigenvalue weighted by atomic mass is 10.00. The van der Waals surface area contributed by atoms with Gasteiger partial charge in [0.25, 0.3) is 5.56 Å². The zero-order valence-electron chi connectivity index (χ0n) is 14.1. The van der Waals surface area contributed by atoms with Crippen molar-refractivity contribution in [3.63, 3.8) is 0 Å². The van der Waals surface area contributed by atoms with E-state index in [-0.39, 0.29) is 11.7 Å². The van der Waals surface area contributed by atoms with Crippen molar-refractivity contribution in [2.24, 2.45) is 0 Å². The third-order valence-electron chi connectivity index (χ3n) is 4.36. The van der Waals surface area contributed by atoms with Crippen LogP contribution < -0.4 is 10.9 Å². The first-order valence-corrected chi connectivity index (χ1v) is 8.63. The lowest BCUT2D eigenvalue weighted by Gasteiger charge is -2.20. The summed E-state index contributed by atoms with van der Waals surface area (Å²) in [6.07, 6.45) is 3.37. The molecule has 0 atom stereocenters. The van der Waals surface area contributed by atoms with Crippen molar-refractivity contribution in [1.29, 1.82) is 0 Å². The Balaban J connectivity index is 1.70. The molecule has 0 saturated carbocycles. The molecular weight excluding hydrogens is 288 g/mol. The topological polar surface area (TPSA) is 43.3 Å². The zero-order chi connectivity index (χ0) is 16.2. The first-order valence-electron chi connectivity index (χ1n) is 8.63. The van der Waals surface area contributed by atoms with E-state index in [1.54, 1.807) is 0 Å². The van der Waals surface area contributed by atoms with E-state index in [0.717, 1.165) is 50.0 Å². The van der Waals surface area contributed by atoms with Crippen molar-refractivity contribution in [2.75, 3.05) is 13.2 Å². The molecule has 1 aliphatic rings. The van der Waals surface area contributed by atoms with Gasteiger partial charge in [-0.3, -0.25) is 4.79 Å². The Morgan fingerprint density at radius 3 is 3.04 bits per heavy atom. The molecule has 0 aliphatic carbocycles. The molecule has 1 aromatic heterocycles. The van der Waals surface area contributed by atoms with E-state index < -0.39 is 0 Å². The maximum Gasteiger partial charge on any atom is 0.255 e. The van der Waals surface area contributed by atoms with Gasteiger partial charge in [0.05, 0.1) is 11.6 Å². The van der Waals surface area contributed by atoms with Gasteiger partial charge in [-0.15, -0.1) is 0 Å². The molecule has 1 aromatic carbocycles. The summed E-state index contributed by atoms with van der Waals surface area (Å²) in [5.41, 5.74) is 3.46. The van der Waals surface area contributed by atoms with Crippen LogP contribution in [0.1, 0.15) is 37.8 Å². The van der Waals surface area contributed by atoms with E-state index in [4.69, 9.17) is 4.74 Å². The number of benzene rings is 1. The molecule has 0 bridgehead atoms. The number of nitrogens with one attached hydrogen (secondary N) is 1. The number of hydrogen-bond acceptors (Lipinski definition) is 3. The van der Waals surface area contributed by atoms with Crippen LogP contribution in [0.15, 0.2) is 29.1 Å². The Bertz CT molecular complexity index is 734. The molecule has 0 amide bonds. The molecule has 4 nitrogen and oxygen atoms in total. The highest BCUT2D eigenvalue weighted by Gasteiger charge is 2.15. The molecule has 124 valence electrons. The molecule has 2 aromatic rings. The van der Waals surface area contributed by atoms with Crippen LogP contribution in [-0.2, 0) is 24.2 Å². The highest BCUT2D eigenvalue weighted by molar-refractivity contribution is 5.83. The standard InChI is InChI=1S/C19H26N2O2/c1-14(2)23-11-5-9-20-13-17-12-16-7-3-6-15-8-4-10-21(18(15)16)19(17)22/h3,6-7,12,14,20H,4-5,8-11,13H2,1-2H3. The maximum atomic E-state index is 12.7. The number of rotatable bonds is 7. The van der Waals surface area contributed by atoms with Crippen LogP contribution in [0.3, 0.4) is 0 Å². The van der Waals surface area contributed by atoms with Crippen LogP contribution in [0, 0.1) is 0 Å². The average Bonchev–Trinajstić information content (AvgIpc) is 2.54. The van der Waals surface area contributed by atoms with Crippen molar-refractivity contribution in [3.05, 3.63) is 45.7 Å². The van der Waals surface area contributed by atoms with Crippen molar-refractivity contribution in [1.82, 2.24) is 9.88 Å². The molecule has 1 aliphatic heterocycles. The molecule has 3 rings (SSSR count). The average molecular weight is 314 g/mol. The SMILES string of the molecule is CC(C)OCCCNCc1cc2cccc3c2n(c1=O)CCC3. The van der Waals surface area contributed by atoms with Gasteiger partial charge in [-0.05, 0) is 56.7 Å². The molecule has 1 N–H and O–H groups in total. The van der Waals surface area contributed by atoms with Crippen LogP contribution in [0.2, 0.25) is 0 Å². The predicted octanol–water partition coefficient (Wildman–Crippen LogP) is 2.85. The number of hydrogen-bond donors (Lipinski definition) is 1. The van der Waals surface area contributed by atoms with Crippen molar-refractivity contribution >= 4 is 10.9 Å². The summed E-state index contributed by atoms with van der Waals surface area (Å²) < 4.78 is 7.49. The minimum Gasteiger partial charge on any atom is -0.379 e. The largest absolute Gasteiger partial charge is 0.379 e. The molecule has 23 heavy (non-hydrogen) atoms. The molecule has 0 spiro atoms. The first-order chi connectivity index (χ1) is 11.2. The Morgan fingerprint density at radius 2 is 2.22 bits per heavy atom. The molecule has 0 saturated heterocycles. The smallest absolute Gasteiger partial charge is 0.255 e. The summed E-state index contributed by atoms with van der Waals surface area (Å²) in [6.45, 7) is 7.18. The first kappa shape index (κ1) is 16.2. The van der Waals surface area contributed by atoms with Crippen LogP contribution >= 0.6 is 0 Å². The highest BCUT2D eigenvalue weighted by Crippen LogP contribution is 2.23. The quantitative estimate of drug-likeness (QED) is 0.799. The van der Waals surface area contributed by atoms with Gasteiger partial charge >= 0.3 is 0 Å². The molecule has 0 fully saturated rings. The summed E-state index contributed by atoms with van der Waals surface area (Å²) >= 11 is 0. The number of pyridine rings is 1. The van der Waals surface area contributed by atoms with E-state index in [9.17, 15) is 4.79 Å². The molecule has 0 unspecified atom stereocenters. The maximum absolute atomic E-state index is 12.7. The van der Waals surface area contributed by atoms with Gasteiger partial charge in [-0.25, -0.2) is 0 Å². The van der Waals surface area contributed by atoms with E-state index in [1.807, 2.05) is 18.4 Å². The normalized spacial score (nSPS) is 13.9. The summed E-state index contributed by atoms with van der Waals surface area (Å²) in [5, 5.41) is 4.55. The Labute approximate surface area is 137 Å². The number of aromatic nitrogens is 1. The fraction of sp³-hybridized carbons (Fsp3) is 0.526. The number of aryl methyl sites for hydroxylation is 2. The Hall–Kier alpha value is -1.65. The van der Waals surface area contributed by atoms with Gasteiger partial charge < -0.3 is 14.6 Å². The zero-order valence-corrected chi connectivity index (χ0v) is 14.1. The number of nitrogens with zero attached hydrogens (tertiary/aromatic N) is 1. The van der Waals surface area contributed by atoms with E-state index in [0.29, 0.717) is 6.54 Å². The Kier molecular flexibility index (Phi) is 5.13. The second-order valence-electron chi connectivity index (χ2n) is 6.53. The second kappa shape index (κ2) is 7.28. The second-order valence-corrected chi connectivity index (χ2v) is 6.53. The van der Waals surface area contributed by atoms with E-state index in [2.05, 4.69) is 29.6 Å². The van der Waals surface area contributed by atoms with Gasteiger partial charge in [-0.2, -0.15) is 0 Å². The number of para-hydroxylation sites is 1. The van der Waals surface area contributed by atoms with Crippen molar-refractivity contribution in [3.8, 4) is 0 Å². The third-order valence-corrected chi connectivity index (χ3v) is 4.36. The highest BCUT2D eigenvalue weighted by atomic mass is 16.5. The Morgan fingerprint density at radius 1 is 1.35 bits per heavy atom. The summed E-state index contributed by atoms with van der Waals surface area (Å²) in [5.74, 6) is 0. The van der Waals surface area contributed by atoms with E-state index >= 15 is 0 Å². The van der Waals surface area contributed by atoms with Gasteiger partial charge in [0, 0.05) is 25.3 Å². The van der Waals surface area contributed by atoms with Gasteiger partial charge in [0.2, 0.25) is 0 Å². The van der Waals surface area contributed by atoms with E-state index in [1.165, 1.54) is 10.9 Å².